The zero-order valence-electron chi connectivity index (χ0n) is 14.7. The molecule has 6 nitrogen and oxygen atoms in total. The predicted molar refractivity (Wildman–Crippen MR) is 100 cm³/mol. The van der Waals surface area contributed by atoms with Gasteiger partial charge in [0.15, 0.2) is 11.5 Å². The van der Waals surface area contributed by atoms with Crippen molar-refractivity contribution < 1.29 is 14.3 Å². The van der Waals surface area contributed by atoms with E-state index < -0.39 is 0 Å². The van der Waals surface area contributed by atoms with Crippen LogP contribution in [0, 0.1) is 0 Å². The largest absolute Gasteiger partial charge is 0.486 e. The van der Waals surface area contributed by atoms with Crippen molar-refractivity contribution in [1.29, 1.82) is 0 Å². The van der Waals surface area contributed by atoms with Crippen molar-refractivity contribution in [2.24, 2.45) is 0 Å². The summed E-state index contributed by atoms with van der Waals surface area (Å²) in [7, 11) is 0. The van der Waals surface area contributed by atoms with E-state index in [-0.39, 0.29) is 5.91 Å². The van der Waals surface area contributed by atoms with Crippen LogP contribution in [0.2, 0.25) is 0 Å². The molecule has 1 saturated heterocycles. The van der Waals surface area contributed by atoms with Crippen LogP contribution in [0.25, 0.3) is 0 Å². The fourth-order valence-corrected chi connectivity index (χ4v) is 3.39. The fraction of sp³-hybridized carbons (Fsp3) is 0.400. The van der Waals surface area contributed by atoms with Crippen LogP contribution >= 0.6 is 0 Å². The lowest BCUT2D eigenvalue weighted by atomic mass is 10.2. The molecule has 4 rings (SSSR count). The van der Waals surface area contributed by atoms with Gasteiger partial charge in [-0.3, -0.25) is 9.78 Å². The van der Waals surface area contributed by atoms with E-state index in [9.17, 15) is 4.79 Å². The monoisotopic (exact) mass is 353 g/mol. The predicted octanol–water partition coefficient (Wildman–Crippen LogP) is 3.49. The van der Waals surface area contributed by atoms with Crippen molar-refractivity contribution in [2.45, 2.75) is 25.7 Å². The maximum atomic E-state index is 12.6. The van der Waals surface area contributed by atoms with Crippen molar-refractivity contribution in [3.05, 3.63) is 42.2 Å². The van der Waals surface area contributed by atoms with Gasteiger partial charge in [0.1, 0.15) is 18.9 Å². The molecule has 6 heteroatoms. The molecule has 2 aromatic rings. The van der Waals surface area contributed by atoms with E-state index in [0.29, 0.717) is 36.1 Å². The Balaban J connectivity index is 1.48. The minimum atomic E-state index is -0.224. The van der Waals surface area contributed by atoms with E-state index >= 15 is 0 Å². The number of aromatic nitrogens is 1. The molecule has 0 radical (unpaired) electrons. The van der Waals surface area contributed by atoms with E-state index in [1.807, 2.05) is 24.3 Å². The smallest absolute Gasteiger partial charge is 0.274 e. The van der Waals surface area contributed by atoms with Crippen LogP contribution in [0.3, 0.4) is 0 Å². The number of nitrogens with one attached hydrogen (secondary N) is 1. The minimum absolute atomic E-state index is 0.224. The molecule has 0 atom stereocenters. The van der Waals surface area contributed by atoms with Crippen LogP contribution in [-0.4, -0.2) is 37.2 Å². The molecule has 1 N–H and O–H groups in total. The number of nitrogens with zero attached hydrogens (tertiary/aromatic N) is 2. The molecule has 1 aromatic carbocycles. The maximum Gasteiger partial charge on any atom is 0.274 e. The molecule has 2 aliphatic rings. The first-order valence-corrected chi connectivity index (χ1v) is 9.21. The van der Waals surface area contributed by atoms with Crippen LogP contribution in [-0.2, 0) is 0 Å². The molecule has 0 saturated carbocycles. The molecular formula is C20H23N3O3. The van der Waals surface area contributed by atoms with Gasteiger partial charge in [-0.15, -0.1) is 0 Å². The van der Waals surface area contributed by atoms with Gasteiger partial charge in [-0.2, -0.15) is 0 Å². The van der Waals surface area contributed by atoms with Crippen LogP contribution < -0.4 is 19.7 Å². The normalized spacial score (nSPS) is 16.7. The topological polar surface area (TPSA) is 63.7 Å². The van der Waals surface area contributed by atoms with Gasteiger partial charge in [-0.25, -0.2) is 0 Å². The van der Waals surface area contributed by atoms with Gasteiger partial charge < -0.3 is 19.7 Å². The standard InChI is InChI=1S/C20H23N3O3/c24-20(22-15-5-6-18-19(13-15)26-12-11-25-18)17-14-16(7-8-21-17)23-9-3-1-2-4-10-23/h5-8,13-14H,1-4,9-12H2,(H,22,24). The van der Waals surface area contributed by atoms with E-state index in [1.54, 1.807) is 12.3 Å². The van der Waals surface area contributed by atoms with Crippen LogP contribution in [0.4, 0.5) is 11.4 Å². The highest BCUT2D eigenvalue weighted by atomic mass is 16.6. The second kappa shape index (κ2) is 7.64. The Morgan fingerprint density at radius 2 is 1.73 bits per heavy atom. The van der Waals surface area contributed by atoms with Gasteiger partial charge in [0, 0.05) is 36.7 Å². The minimum Gasteiger partial charge on any atom is -0.486 e. The summed E-state index contributed by atoms with van der Waals surface area (Å²) in [6.07, 6.45) is 6.65. The Labute approximate surface area is 153 Å². The van der Waals surface area contributed by atoms with Crippen molar-refractivity contribution in [3.8, 4) is 11.5 Å². The number of fused-ring (bicyclic) bond motifs is 1. The lowest BCUT2D eigenvalue weighted by Gasteiger charge is -2.22. The average molecular weight is 353 g/mol. The number of hydrogen-bond acceptors (Lipinski definition) is 5. The van der Waals surface area contributed by atoms with E-state index in [1.165, 1.54) is 25.7 Å². The number of rotatable bonds is 3. The van der Waals surface area contributed by atoms with Crippen LogP contribution in [0.15, 0.2) is 36.5 Å². The maximum absolute atomic E-state index is 12.6. The number of carbonyl (C=O) groups is 1. The lowest BCUT2D eigenvalue weighted by Crippen LogP contribution is -2.24. The number of amides is 1. The zero-order chi connectivity index (χ0) is 17.8. The summed E-state index contributed by atoms with van der Waals surface area (Å²) in [6, 6.07) is 9.26. The Hall–Kier alpha value is -2.76. The molecule has 1 aromatic heterocycles. The van der Waals surface area contributed by atoms with E-state index in [2.05, 4.69) is 15.2 Å². The lowest BCUT2D eigenvalue weighted by molar-refractivity contribution is 0.102. The molecule has 1 amide bonds. The Kier molecular flexibility index (Phi) is 4.91. The molecule has 1 fully saturated rings. The Bertz CT molecular complexity index is 786. The van der Waals surface area contributed by atoms with E-state index in [0.717, 1.165) is 18.8 Å². The third kappa shape index (κ3) is 3.74. The van der Waals surface area contributed by atoms with Gasteiger partial charge in [-0.05, 0) is 37.1 Å². The second-order valence-corrected chi connectivity index (χ2v) is 6.61. The third-order valence-electron chi connectivity index (χ3n) is 4.75. The summed E-state index contributed by atoms with van der Waals surface area (Å²) in [6.45, 7) is 3.14. The fourth-order valence-electron chi connectivity index (χ4n) is 3.39. The van der Waals surface area contributed by atoms with Crippen molar-refractivity contribution in [1.82, 2.24) is 4.98 Å². The average Bonchev–Trinajstić information content (AvgIpc) is 2.97. The summed E-state index contributed by atoms with van der Waals surface area (Å²) in [5.41, 5.74) is 2.15. The molecule has 136 valence electrons. The second-order valence-electron chi connectivity index (χ2n) is 6.61. The number of benzene rings is 1. The summed E-state index contributed by atoms with van der Waals surface area (Å²) in [5.74, 6) is 1.13. The highest BCUT2D eigenvalue weighted by Gasteiger charge is 2.16. The summed E-state index contributed by atoms with van der Waals surface area (Å²) in [4.78, 5) is 19.2. The highest BCUT2D eigenvalue weighted by molar-refractivity contribution is 6.03. The highest BCUT2D eigenvalue weighted by Crippen LogP contribution is 2.32. The Morgan fingerprint density at radius 1 is 0.962 bits per heavy atom. The number of hydrogen-bond donors (Lipinski definition) is 1. The third-order valence-corrected chi connectivity index (χ3v) is 4.75. The van der Waals surface area contributed by atoms with Crippen LogP contribution in [0.5, 0.6) is 11.5 Å². The SMILES string of the molecule is O=C(Nc1ccc2c(c1)OCCO2)c1cc(N2CCCCCC2)ccn1. The molecule has 0 bridgehead atoms. The quantitative estimate of drug-likeness (QED) is 0.915. The molecule has 26 heavy (non-hydrogen) atoms. The van der Waals surface area contributed by atoms with Gasteiger partial charge in [-0.1, -0.05) is 12.8 Å². The zero-order valence-corrected chi connectivity index (χ0v) is 14.7. The number of anilines is 2. The van der Waals surface area contributed by atoms with E-state index in [4.69, 9.17) is 9.47 Å². The molecule has 0 unspecified atom stereocenters. The number of pyridine rings is 1. The van der Waals surface area contributed by atoms with Crippen molar-refractivity contribution >= 4 is 17.3 Å². The van der Waals surface area contributed by atoms with Gasteiger partial charge in [0.25, 0.3) is 5.91 Å². The first-order valence-electron chi connectivity index (χ1n) is 9.21. The molecule has 0 aliphatic carbocycles. The van der Waals surface area contributed by atoms with Gasteiger partial charge in [0.05, 0.1) is 0 Å². The summed E-state index contributed by atoms with van der Waals surface area (Å²) >= 11 is 0. The molecule has 0 spiro atoms. The molecule has 2 aliphatic heterocycles. The van der Waals surface area contributed by atoms with Gasteiger partial charge in [0.2, 0.25) is 0 Å². The van der Waals surface area contributed by atoms with Crippen molar-refractivity contribution in [3.63, 3.8) is 0 Å². The first kappa shape index (κ1) is 16.7. The molecule has 3 heterocycles. The van der Waals surface area contributed by atoms with Crippen LogP contribution in [0.1, 0.15) is 36.2 Å². The summed E-state index contributed by atoms with van der Waals surface area (Å²) in [5, 5.41) is 2.90. The molecular weight excluding hydrogens is 330 g/mol. The number of ether oxygens (including phenoxy) is 2. The Morgan fingerprint density at radius 3 is 2.54 bits per heavy atom. The van der Waals surface area contributed by atoms with Gasteiger partial charge >= 0.3 is 0 Å². The first-order chi connectivity index (χ1) is 12.8. The number of carbonyl (C=O) groups excluding carboxylic acids is 1. The van der Waals surface area contributed by atoms with Crippen molar-refractivity contribution in [2.75, 3.05) is 36.5 Å². The summed E-state index contributed by atoms with van der Waals surface area (Å²) < 4.78 is 11.1.